The van der Waals surface area contributed by atoms with Gasteiger partial charge in [-0.25, -0.2) is 0 Å². The summed E-state index contributed by atoms with van der Waals surface area (Å²) in [4.78, 5) is 11.5. The molecule has 0 spiro atoms. The molecule has 0 saturated heterocycles. The number of rotatable bonds is 10. The molecule has 0 heterocycles. The smallest absolute Gasteiger partial charge is 0.878 e. The Morgan fingerprint density at radius 2 is 1.57 bits per heavy atom. The Morgan fingerprint density at radius 1 is 1.00 bits per heavy atom. The normalized spacial score (nSPS) is 10.5. The van der Waals surface area contributed by atoms with Crippen molar-refractivity contribution in [2.45, 2.75) is 58.3 Å². The Labute approximate surface area is 150 Å². The van der Waals surface area contributed by atoms with Gasteiger partial charge < -0.3 is 5.11 Å². The maximum absolute atomic E-state index is 11.5. The van der Waals surface area contributed by atoms with E-state index in [0.29, 0.717) is 11.8 Å². The van der Waals surface area contributed by atoms with Crippen molar-refractivity contribution in [2.75, 3.05) is 0 Å². The second kappa shape index (κ2) is 13.1. The van der Waals surface area contributed by atoms with E-state index in [2.05, 4.69) is 6.92 Å². The van der Waals surface area contributed by atoms with Gasteiger partial charge in [0.05, 0.1) is 0 Å². The number of carbonyl (C=O) groups is 1. The zero-order valence-electron chi connectivity index (χ0n) is 13.4. The predicted molar refractivity (Wildman–Crippen MR) is 81.6 cm³/mol. The van der Waals surface area contributed by atoms with Crippen LogP contribution in [0.25, 0.3) is 0 Å². The molecule has 0 aliphatic carbocycles. The molecule has 0 unspecified atom stereocenters. The van der Waals surface area contributed by atoms with Crippen LogP contribution >= 0.6 is 0 Å². The minimum atomic E-state index is -0.220. The van der Waals surface area contributed by atoms with Crippen molar-refractivity contribution in [2.24, 2.45) is 0 Å². The number of carbonyl (C=O) groups excluding carboxylic acids is 1. The summed E-state index contributed by atoms with van der Waals surface area (Å²) in [6.07, 6.45) is 11.8. The molecular formula is C18H25NaO2. The van der Waals surface area contributed by atoms with Gasteiger partial charge in [-0.2, -0.15) is 0 Å². The van der Waals surface area contributed by atoms with Crippen molar-refractivity contribution in [3.63, 3.8) is 0 Å². The van der Waals surface area contributed by atoms with E-state index in [1.807, 2.05) is 12.1 Å². The number of aryl methyl sites for hydroxylation is 1. The molecule has 1 aromatic rings. The number of allylic oxidation sites excluding steroid dienone is 1. The van der Waals surface area contributed by atoms with E-state index in [4.69, 9.17) is 0 Å². The number of hydrogen-bond acceptors (Lipinski definition) is 2. The Kier molecular flexibility index (Phi) is 12.8. The fourth-order valence-electron chi connectivity index (χ4n) is 2.28. The van der Waals surface area contributed by atoms with Crippen molar-refractivity contribution in [1.29, 1.82) is 0 Å². The van der Waals surface area contributed by atoms with Crippen LogP contribution in [-0.4, -0.2) is 5.78 Å². The molecule has 21 heavy (non-hydrogen) atoms. The minimum Gasteiger partial charge on any atom is -0.878 e. The van der Waals surface area contributed by atoms with Crippen LogP contribution in [0, 0.1) is 0 Å². The fourth-order valence-corrected chi connectivity index (χ4v) is 2.28. The van der Waals surface area contributed by atoms with Gasteiger partial charge in [-0.15, -0.1) is 6.26 Å². The van der Waals surface area contributed by atoms with E-state index in [1.54, 1.807) is 12.1 Å². The summed E-state index contributed by atoms with van der Waals surface area (Å²) in [7, 11) is 0. The molecule has 0 bridgehead atoms. The molecule has 0 amide bonds. The number of hydrogen-bond donors (Lipinski definition) is 0. The number of unbranched alkanes of at least 4 members (excludes halogenated alkanes) is 6. The average molecular weight is 296 g/mol. The van der Waals surface area contributed by atoms with Gasteiger partial charge in [0.15, 0.2) is 5.78 Å². The van der Waals surface area contributed by atoms with Gasteiger partial charge in [0, 0.05) is 5.56 Å². The molecule has 0 saturated carbocycles. The Balaban J connectivity index is 0.00000400. The van der Waals surface area contributed by atoms with Crippen LogP contribution in [0.15, 0.2) is 36.6 Å². The third kappa shape index (κ3) is 9.13. The molecule has 0 aliphatic heterocycles. The second-order valence-corrected chi connectivity index (χ2v) is 5.24. The third-order valence-electron chi connectivity index (χ3n) is 3.53. The van der Waals surface area contributed by atoms with Gasteiger partial charge in [0.1, 0.15) is 0 Å². The summed E-state index contributed by atoms with van der Waals surface area (Å²) >= 11 is 0. The van der Waals surface area contributed by atoms with Crippen LogP contribution in [0.5, 0.6) is 0 Å². The van der Waals surface area contributed by atoms with E-state index in [1.165, 1.54) is 50.5 Å². The summed E-state index contributed by atoms with van der Waals surface area (Å²) in [5.74, 6) is -0.220. The van der Waals surface area contributed by atoms with E-state index in [0.717, 1.165) is 12.5 Å². The molecular weight excluding hydrogens is 271 g/mol. The summed E-state index contributed by atoms with van der Waals surface area (Å²) in [5, 5.41) is 10.2. The van der Waals surface area contributed by atoms with Crippen LogP contribution in [0.3, 0.4) is 0 Å². The Morgan fingerprint density at radius 3 is 2.14 bits per heavy atom. The Hall–Kier alpha value is -0.570. The van der Waals surface area contributed by atoms with E-state index in [-0.39, 0.29) is 35.3 Å². The first-order valence-electron chi connectivity index (χ1n) is 7.69. The summed E-state index contributed by atoms with van der Waals surface area (Å²) in [5.41, 5.74) is 1.85. The van der Waals surface area contributed by atoms with Gasteiger partial charge >= 0.3 is 29.6 Å². The van der Waals surface area contributed by atoms with Crippen molar-refractivity contribution in [3.05, 3.63) is 47.7 Å². The topological polar surface area (TPSA) is 40.1 Å². The van der Waals surface area contributed by atoms with E-state index >= 15 is 0 Å². The van der Waals surface area contributed by atoms with Gasteiger partial charge in [0.2, 0.25) is 0 Å². The molecule has 0 atom stereocenters. The molecule has 0 N–H and O–H groups in total. The van der Waals surface area contributed by atoms with Crippen molar-refractivity contribution < 1.29 is 39.5 Å². The third-order valence-corrected chi connectivity index (χ3v) is 3.53. The quantitative estimate of drug-likeness (QED) is 0.213. The summed E-state index contributed by atoms with van der Waals surface area (Å²) in [6, 6.07) is 7.59. The van der Waals surface area contributed by atoms with Crippen LogP contribution in [0.4, 0.5) is 0 Å². The van der Waals surface area contributed by atoms with Crippen LogP contribution in [0.1, 0.15) is 67.8 Å². The SMILES string of the molecule is CCCCCCCCCc1ccc(C(=O)/C=C/[O-])cc1.[Na+]. The zero-order valence-corrected chi connectivity index (χ0v) is 15.4. The molecule has 110 valence electrons. The average Bonchev–Trinajstić information content (AvgIpc) is 2.47. The molecule has 1 rings (SSSR count). The molecule has 3 heteroatoms. The predicted octanol–water partition coefficient (Wildman–Crippen LogP) is 1.04. The van der Waals surface area contributed by atoms with Gasteiger partial charge in [0.25, 0.3) is 0 Å². The Bertz CT molecular complexity index is 410. The largest absolute Gasteiger partial charge is 1.00 e. The molecule has 2 nitrogen and oxygen atoms in total. The van der Waals surface area contributed by atoms with Gasteiger partial charge in [-0.05, 0) is 24.5 Å². The molecule has 0 fully saturated rings. The standard InChI is InChI=1S/C18H26O2.Na/c1-2-3-4-5-6-7-8-9-16-10-12-17(13-11-16)18(20)14-15-19;/h10-15,19H,2-9H2,1H3;/q;+1/p-1/b15-14+;. The van der Waals surface area contributed by atoms with Crippen molar-refractivity contribution >= 4 is 5.78 Å². The first-order valence-corrected chi connectivity index (χ1v) is 7.69. The van der Waals surface area contributed by atoms with Crippen molar-refractivity contribution in [1.82, 2.24) is 0 Å². The summed E-state index contributed by atoms with van der Waals surface area (Å²) < 4.78 is 0. The molecule has 1 aromatic carbocycles. The first-order chi connectivity index (χ1) is 9.77. The molecule has 0 aromatic heterocycles. The monoisotopic (exact) mass is 296 g/mol. The van der Waals surface area contributed by atoms with Crippen molar-refractivity contribution in [3.8, 4) is 0 Å². The first kappa shape index (κ1) is 20.4. The van der Waals surface area contributed by atoms with Crippen LogP contribution in [0.2, 0.25) is 0 Å². The maximum atomic E-state index is 11.5. The van der Waals surface area contributed by atoms with Gasteiger partial charge in [-0.3, -0.25) is 4.79 Å². The number of ketones is 1. The summed E-state index contributed by atoms with van der Waals surface area (Å²) in [6.45, 7) is 2.24. The number of benzene rings is 1. The zero-order chi connectivity index (χ0) is 14.6. The van der Waals surface area contributed by atoms with Crippen LogP contribution < -0.4 is 34.7 Å². The maximum Gasteiger partial charge on any atom is 1.00 e. The molecule has 0 aliphatic rings. The van der Waals surface area contributed by atoms with E-state index in [9.17, 15) is 9.90 Å². The van der Waals surface area contributed by atoms with E-state index < -0.39 is 0 Å². The van der Waals surface area contributed by atoms with Gasteiger partial charge in [-0.1, -0.05) is 69.7 Å². The second-order valence-electron chi connectivity index (χ2n) is 5.24. The molecule has 0 radical (unpaired) electrons. The van der Waals surface area contributed by atoms with Crippen LogP contribution in [-0.2, 0) is 6.42 Å². The fraction of sp³-hybridized carbons (Fsp3) is 0.500. The minimum absolute atomic E-state index is 0.